The number of primary amides is 1. The molecule has 0 aliphatic heterocycles. The molecule has 0 saturated carbocycles. The lowest BCUT2D eigenvalue weighted by Crippen LogP contribution is -2.43. The van der Waals surface area contributed by atoms with Crippen molar-refractivity contribution in [3.63, 3.8) is 0 Å². The lowest BCUT2D eigenvalue weighted by molar-refractivity contribution is -0.127. The Morgan fingerprint density at radius 1 is 1.64 bits per heavy atom. The molecule has 0 unspecified atom stereocenters. The molecular formula is C7H16N2O2. The molecule has 0 bridgehead atoms. The Morgan fingerprint density at radius 2 is 2.18 bits per heavy atom. The highest BCUT2D eigenvalue weighted by Crippen LogP contribution is 2.01. The average molecular weight is 160 g/mol. The van der Waals surface area contributed by atoms with Crippen molar-refractivity contribution >= 4 is 5.91 Å². The van der Waals surface area contributed by atoms with Crippen LogP contribution in [-0.4, -0.2) is 23.2 Å². The number of nitrogens with two attached hydrogens (primary N) is 2. The molecule has 1 amide bonds. The van der Waals surface area contributed by atoms with Gasteiger partial charge in [-0.15, -0.1) is 0 Å². The molecule has 0 aliphatic rings. The number of carbonyl (C=O) groups is 1. The number of carbonyl (C=O) groups excluding carboxylic acids is 1. The standard InChI is InChI=1S/C7H16N2O2/c1-2-3-4-5(8)6(10)7(9)11/h5-6,10H,2-4,8H2,1H3,(H2,9,11)/t5-,6-/m0/s1. The van der Waals surface area contributed by atoms with Gasteiger partial charge in [0.05, 0.1) is 0 Å². The van der Waals surface area contributed by atoms with E-state index in [-0.39, 0.29) is 0 Å². The predicted octanol–water partition coefficient (Wildman–Crippen LogP) is -0.650. The van der Waals surface area contributed by atoms with Crippen molar-refractivity contribution in [3.8, 4) is 0 Å². The van der Waals surface area contributed by atoms with E-state index in [2.05, 4.69) is 0 Å². The van der Waals surface area contributed by atoms with Crippen LogP contribution in [0.5, 0.6) is 0 Å². The van der Waals surface area contributed by atoms with Crippen LogP contribution in [0.25, 0.3) is 0 Å². The first kappa shape index (κ1) is 10.4. The molecule has 11 heavy (non-hydrogen) atoms. The summed E-state index contributed by atoms with van der Waals surface area (Å²) in [7, 11) is 0. The maximum atomic E-state index is 10.4. The minimum absolute atomic E-state index is 0.507. The summed E-state index contributed by atoms with van der Waals surface area (Å²) in [6.45, 7) is 2.02. The van der Waals surface area contributed by atoms with E-state index in [9.17, 15) is 4.79 Å². The summed E-state index contributed by atoms with van der Waals surface area (Å²) in [5, 5.41) is 9.02. The average Bonchev–Trinajstić information content (AvgIpc) is 1.98. The number of amides is 1. The molecule has 0 heterocycles. The highest BCUT2D eigenvalue weighted by atomic mass is 16.3. The summed E-state index contributed by atoms with van der Waals surface area (Å²) < 4.78 is 0. The molecule has 0 radical (unpaired) electrons. The molecule has 0 rings (SSSR count). The van der Waals surface area contributed by atoms with Crippen molar-refractivity contribution in [2.45, 2.75) is 38.3 Å². The third-order valence-corrected chi connectivity index (χ3v) is 1.59. The summed E-state index contributed by atoms with van der Waals surface area (Å²) in [6, 6.07) is -0.507. The van der Waals surface area contributed by atoms with Crippen molar-refractivity contribution in [1.29, 1.82) is 0 Å². The largest absolute Gasteiger partial charge is 0.382 e. The topological polar surface area (TPSA) is 89.3 Å². The Labute approximate surface area is 66.6 Å². The van der Waals surface area contributed by atoms with Crippen LogP contribution in [0.15, 0.2) is 0 Å². The zero-order chi connectivity index (χ0) is 8.85. The second kappa shape index (κ2) is 5.09. The van der Waals surface area contributed by atoms with Gasteiger partial charge in [-0.3, -0.25) is 4.79 Å². The number of rotatable bonds is 5. The minimum Gasteiger partial charge on any atom is -0.382 e. The smallest absolute Gasteiger partial charge is 0.247 e. The maximum Gasteiger partial charge on any atom is 0.247 e. The minimum atomic E-state index is -1.19. The first-order valence-corrected chi connectivity index (χ1v) is 3.82. The monoisotopic (exact) mass is 160 g/mol. The summed E-state index contributed by atoms with van der Waals surface area (Å²) in [5.41, 5.74) is 10.3. The van der Waals surface area contributed by atoms with Crippen LogP contribution >= 0.6 is 0 Å². The third kappa shape index (κ3) is 3.95. The SMILES string of the molecule is CCCC[C@H](N)[C@H](O)C(N)=O. The first-order chi connectivity index (χ1) is 5.09. The van der Waals surface area contributed by atoms with Gasteiger partial charge in [-0.2, -0.15) is 0 Å². The van der Waals surface area contributed by atoms with Crippen LogP contribution in [0.2, 0.25) is 0 Å². The van der Waals surface area contributed by atoms with Gasteiger partial charge in [0, 0.05) is 6.04 Å². The van der Waals surface area contributed by atoms with Gasteiger partial charge in [0.2, 0.25) is 5.91 Å². The molecule has 0 aromatic rings. The number of hydrogen-bond donors (Lipinski definition) is 3. The van der Waals surface area contributed by atoms with Crippen molar-refractivity contribution < 1.29 is 9.90 Å². The Kier molecular flexibility index (Phi) is 4.81. The molecule has 4 nitrogen and oxygen atoms in total. The van der Waals surface area contributed by atoms with Crippen LogP contribution in [0.4, 0.5) is 0 Å². The molecule has 0 aromatic carbocycles. The lowest BCUT2D eigenvalue weighted by atomic mass is 10.1. The van der Waals surface area contributed by atoms with E-state index in [4.69, 9.17) is 16.6 Å². The van der Waals surface area contributed by atoms with E-state index in [0.717, 1.165) is 12.8 Å². The van der Waals surface area contributed by atoms with Gasteiger partial charge in [-0.25, -0.2) is 0 Å². The molecule has 66 valence electrons. The van der Waals surface area contributed by atoms with Crippen molar-refractivity contribution in [1.82, 2.24) is 0 Å². The second-order valence-corrected chi connectivity index (χ2v) is 2.65. The van der Waals surface area contributed by atoms with Gasteiger partial charge in [0.1, 0.15) is 6.10 Å². The van der Waals surface area contributed by atoms with Gasteiger partial charge < -0.3 is 16.6 Å². The molecule has 0 spiro atoms. The van der Waals surface area contributed by atoms with Gasteiger partial charge in [0.15, 0.2) is 0 Å². The molecule has 2 atom stereocenters. The quantitative estimate of drug-likeness (QED) is 0.499. The van der Waals surface area contributed by atoms with Crippen molar-refractivity contribution in [2.24, 2.45) is 11.5 Å². The molecule has 4 heteroatoms. The van der Waals surface area contributed by atoms with Crippen LogP contribution in [0.1, 0.15) is 26.2 Å². The molecule has 0 fully saturated rings. The summed E-state index contributed by atoms with van der Waals surface area (Å²) in [4.78, 5) is 10.4. The number of hydrogen-bond acceptors (Lipinski definition) is 3. The van der Waals surface area contributed by atoms with Crippen molar-refractivity contribution in [3.05, 3.63) is 0 Å². The zero-order valence-electron chi connectivity index (χ0n) is 6.79. The Balaban J connectivity index is 3.63. The first-order valence-electron chi connectivity index (χ1n) is 3.82. The summed E-state index contributed by atoms with van der Waals surface area (Å²) >= 11 is 0. The highest BCUT2D eigenvalue weighted by molar-refractivity contribution is 5.79. The van der Waals surface area contributed by atoms with Gasteiger partial charge in [0.25, 0.3) is 0 Å². The molecule has 5 N–H and O–H groups in total. The Morgan fingerprint density at radius 3 is 2.55 bits per heavy atom. The predicted molar refractivity (Wildman–Crippen MR) is 42.7 cm³/mol. The van der Waals surface area contributed by atoms with Gasteiger partial charge >= 0.3 is 0 Å². The summed E-state index contributed by atoms with van der Waals surface area (Å²) in [6.07, 6.45) is 1.35. The van der Waals surface area contributed by atoms with Gasteiger partial charge in [-0.05, 0) is 6.42 Å². The fourth-order valence-electron chi connectivity index (χ4n) is 0.809. The molecular weight excluding hydrogens is 144 g/mol. The fourth-order valence-corrected chi connectivity index (χ4v) is 0.809. The van der Waals surface area contributed by atoms with Crippen molar-refractivity contribution in [2.75, 3.05) is 0 Å². The summed E-state index contributed by atoms with van der Waals surface area (Å²) in [5.74, 6) is -0.742. The second-order valence-electron chi connectivity index (χ2n) is 2.65. The molecule has 0 aromatic heterocycles. The highest BCUT2D eigenvalue weighted by Gasteiger charge is 2.18. The van der Waals surface area contributed by atoms with E-state index in [1.807, 2.05) is 6.92 Å². The van der Waals surface area contributed by atoms with Crippen LogP contribution in [-0.2, 0) is 4.79 Å². The van der Waals surface area contributed by atoms with Crippen LogP contribution in [0, 0.1) is 0 Å². The van der Waals surface area contributed by atoms with Crippen LogP contribution < -0.4 is 11.5 Å². The number of aliphatic hydroxyl groups excluding tert-OH is 1. The third-order valence-electron chi connectivity index (χ3n) is 1.59. The number of aliphatic hydroxyl groups is 1. The molecule has 0 saturated heterocycles. The lowest BCUT2D eigenvalue weighted by Gasteiger charge is -2.14. The Hall–Kier alpha value is -0.610. The molecule has 0 aliphatic carbocycles. The zero-order valence-corrected chi connectivity index (χ0v) is 6.79. The van der Waals surface area contributed by atoms with E-state index >= 15 is 0 Å². The van der Waals surface area contributed by atoms with E-state index in [0.29, 0.717) is 6.42 Å². The van der Waals surface area contributed by atoms with E-state index in [1.165, 1.54) is 0 Å². The Bertz CT molecular complexity index is 128. The number of unbranched alkanes of at least 4 members (excludes halogenated alkanes) is 1. The maximum absolute atomic E-state index is 10.4. The normalized spacial score (nSPS) is 15.9. The fraction of sp³-hybridized carbons (Fsp3) is 0.857. The van der Waals surface area contributed by atoms with Crippen LogP contribution in [0.3, 0.4) is 0 Å². The van der Waals surface area contributed by atoms with E-state index < -0.39 is 18.1 Å². The van der Waals surface area contributed by atoms with Gasteiger partial charge in [-0.1, -0.05) is 19.8 Å². The van der Waals surface area contributed by atoms with E-state index in [1.54, 1.807) is 0 Å².